The number of hydrogen-bond donors (Lipinski definition) is 2. The van der Waals surface area contributed by atoms with E-state index in [1.54, 1.807) is 6.07 Å². The highest BCUT2D eigenvalue weighted by molar-refractivity contribution is 5.87. The second-order valence-corrected chi connectivity index (χ2v) is 7.14. The van der Waals surface area contributed by atoms with Crippen LogP contribution < -0.4 is 25.7 Å². The van der Waals surface area contributed by atoms with Crippen molar-refractivity contribution in [3.05, 3.63) is 59.5 Å². The molecule has 8 heteroatoms. The van der Waals surface area contributed by atoms with Crippen LogP contribution in [0.3, 0.4) is 0 Å². The van der Waals surface area contributed by atoms with Crippen LogP contribution in [0.5, 0.6) is 11.5 Å². The summed E-state index contributed by atoms with van der Waals surface area (Å²) in [5.41, 5.74) is 0.801. The van der Waals surface area contributed by atoms with Crippen molar-refractivity contribution in [1.29, 1.82) is 0 Å². The first-order valence-electron chi connectivity index (χ1n) is 10.6. The Balaban J connectivity index is 1.98. The van der Waals surface area contributed by atoms with Crippen LogP contribution in [0.25, 0.3) is 11.0 Å². The number of carbonyl (C=O) groups is 2. The summed E-state index contributed by atoms with van der Waals surface area (Å²) < 4.78 is 17.2. The third kappa shape index (κ3) is 7.94. The van der Waals surface area contributed by atoms with Crippen molar-refractivity contribution < 1.29 is 23.5 Å². The Morgan fingerprint density at radius 3 is 1.97 bits per heavy atom. The molecular weight excluding hydrogens is 412 g/mol. The number of ether oxygens (including phenoxy) is 2. The molecule has 0 fully saturated rings. The van der Waals surface area contributed by atoms with Gasteiger partial charge in [-0.05, 0) is 56.4 Å². The Labute approximate surface area is 187 Å². The van der Waals surface area contributed by atoms with Crippen molar-refractivity contribution in [1.82, 2.24) is 10.6 Å². The number of amides is 2. The molecule has 0 unspecified atom stereocenters. The van der Waals surface area contributed by atoms with Crippen molar-refractivity contribution in [2.75, 3.05) is 26.3 Å². The Hall–Kier alpha value is -3.55. The SMILES string of the molecule is C=CC(=O)NCCCCOc1cc2oc(=O)cc(C)c2cc1OCCCCNC(=O)C=C. The van der Waals surface area contributed by atoms with Gasteiger partial charge in [0.05, 0.1) is 13.2 Å². The molecular formula is C24H30N2O6. The van der Waals surface area contributed by atoms with Crippen molar-refractivity contribution >= 4 is 22.8 Å². The first-order valence-corrected chi connectivity index (χ1v) is 10.6. The van der Waals surface area contributed by atoms with E-state index in [-0.39, 0.29) is 11.8 Å². The van der Waals surface area contributed by atoms with Gasteiger partial charge < -0.3 is 24.5 Å². The predicted molar refractivity (Wildman–Crippen MR) is 123 cm³/mol. The molecule has 0 aliphatic carbocycles. The van der Waals surface area contributed by atoms with Gasteiger partial charge in [0.15, 0.2) is 11.5 Å². The molecule has 0 aliphatic rings. The molecule has 2 aromatic rings. The van der Waals surface area contributed by atoms with Crippen LogP contribution in [-0.4, -0.2) is 38.1 Å². The fraction of sp³-hybridized carbons (Fsp3) is 0.375. The molecule has 2 rings (SSSR count). The number of carbonyl (C=O) groups excluding carboxylic acids is 2. The van der Waals surface area contributed by atoms with E-state index in [9.17, 15) is 14.4 Å². The quantitative estimate of drug-likeness (QED) is 0.265. The molecule has 1 aromatic carbocycles. The minimum Gasteiger partial charge on any atom is -0.490 e. The molecule has 0 spiro atoms. The van der Waals surface area contributed by atoms with Gasteiger partial charge in [-0.25, -0.2) is 4.79 Å². The van der Waals surface area contributed by atoms with Crippen LogP contribution in [0.1, 0.15) is 31.2 Å². The molecule has 0 saturated carbocycles. The van der Waals surface area contributed by atoms with E-state index >= 15 is 0 Å². The molecule has 172 valence electrons. The van der Waals surface area contributed by atoms with Crippen molar-refractivity contribution in [3.8, 4) is 11.5 Å². The summed E-state index contributed by atoms with van der Waals surface area (Å²) in [4.78, 5) is 34.1. The second kappa shape index (κ2) is 13.0. The van der Waals surface area contributed by atoms with E-state index in [4.69, 9.17) is 13.9 Å². The van der Waals surface area contributed by atoms with E-state index in [1.807, 2.05) is 13.0 Å². The molecule has 2 amide bonds. The summed E-state index contributed by atoms with van der Waals surface area (Å²) in [5.74, 6) is 0.647. The number of hydrogen-bond acceptors (Lipinski definition) is 6. The smallest absolute Gasteiger partial charge is 0.336 e. The monoisotopic (exact) mass is 442 g/mol. The van der Waals surface area contributed by atoms with Crippen molar-refractivity contribution in [2.45, 2.75) is 32.6 Å². The topological polar surface area (TPSA) is 107 Å². The molecule has 0 aliphatic heterocycles. The lowest BCUT2D eigenvalue weighted by Gasteiger charge is -2.14. The van der Waals surface area contributed by atoms with E-state index < -0.39 is 5.63 Å². The average Bonchev–Trinajstić information content (AvgIpc) is 2.78. The van der Waals surface area contributed by atoms with Gasteiger partial charge in [-0.2, -0.15) is 0 Å². The number of nitrogens with one attached hydrogen (secondary N) is 2. The summed E-state index contributed by atoms with van der Waals surface area (Å²) in [6, 6.07) is 4.92. The minimum absolute atomic E-state index is 0.197. The fourth-order valence-electron chi connectivity index (χ4n) is 2.94. The standard InChI is InChI=1S/C24H30N2O6/c1-4-22(27)25-10-6-8-12-30-20-15-18-17(3)14-24(29)32-19(18)16-21(20)31-13-9-7-11-26-23(28)5-2/h4-5,14-16H,1-2,6-13H2,3H3,(H,25,27)(H,26,28). The lowest BCUT2D eigenvalue weighted by atomic mass is 10.1. The molecule has 0 bridgehead atoms. The average molecular weight is 443 g/mol. The first-order chi connectivity index (χ1) is 15.4. The number of unbranched alkanes of at least 4 members (excludes halogenated alkanes) is 2. The Kier molecular flexibility index (Phi) is 10.0. The fourth-order valence-corrected chi connectivity index (χ4v) is 2.94. The molecule has 0 atom stereocenters. The highest BCUT2D eigenvalue weighted by Gasteiger charge is 2.12. The zero-order chi connectivity index (χ0) is 23.3. The van der Waals surface area contributed by atoms with Crippen LogP contribution in [0.2, 0.25) is 0 Å². The summed E-state index contributed by atoms with van der Waals surface area (Å²) in [6.07, 6.45) is 5.43. The van der Waals surface area contributed by atoms with E-state index in [1.165, 1.54) is 18.2 Å². The van der Waals surface area contributed by atoms with E-state index in [0.29, 0.717) is 43.4 Å². The molecule has 32 heavy (non-hydrogen) atoms. The molecule has 0 saturated heterocycles. The molecule has 0 radical (unpaired) electrons. The van der Waals surface area contributed by atoms with Gasteiger partial charge in [0.1, 0.15) is 5.58 Å². The Morgan fingerprint density at radius 2 is 1.44 bits per heavy atom. The largest absolute Gasteiger partial charge is 0.490 e. The van der Waals surface area contributed by atoms with Gasteiger partial charge in [-0.3, -0.25) is 9.59 Å². The molecule has 2 N–H and O–H groups in total. The van der Waals surface area contributed by atoms with Gasteiger partial charge in [0.2, 0.25) is 11.8 Å². The Morgan fingerprint density at radius 1 is 0.906 bits per heavy atom. The molecule has 8 nitrogen and oxygen atoms in total. The maximum absolute atomic E-state index is 11.7. The lowest BCUT2D eigenvalue weighted by Crippen LogP contribution is -2.22. The molecule has 1 aromatic heterocycles. The van der Waals surface area contributed by atoms with Gasteiger partial charge >= 0.3 is 5.63 Å². The van der Waals surface area contributed by atoms with Gasteiger partial charge in [-0.1, -0.05) is 13.2 Å². The maximum Gasteiger partial charge on any atom is 0.336 e. The van der Waals surface area contributed by atoms with Crippen molar-refractivity contribution in [2.24, 2.45) is 0 Å². The second-order valence-electron chi connectivity index (χ2n) is 7.14. The zero-order valence-electron chi connectivity index (χ0n) is 18.4. The zero-order valence-corrected chi connectivity index (χ0v) is 18.4. The van der Waals surface area contributed by atoms with E-state index in [2.05, 4.69) is 23.8 Å². The third-order valence-corrected chi connectivity index (χ3v) is 4.64. The summed E-state index contributed by atoms with van der Waals surface area (Å²) in [7, 11) is 0. The maximum atomic E-state index is 11.7. The number of benzene rings is 1. The van der Waals surface area contributed by atoms with E-state index in [0.717, 1.165) is 36.6 Å². The summed E-state index contributed by atoms with van der Waals surface area (Å²) in [5, 5.41) is 6.21. The minimum atomic E-state index is -0.422. The van der Waals surface area contributed by atoms with Crippen LogP contribution in [0.4, 0.5) is 0 Å². The van der Waals surface area contributed by atoms with Gasteiger partial charge in [-0.15, -0.1) is 0 Å². The third-order valence-electron chi connectivity index (χ3n) is 4.64. The Bertz CT molecular complexity index is 1010. The van der Waals surface area contributed by atoms with Crippen LogP contribution in [-0.2, 0) is 9.59 Å². The van der Waals surface area contributed by atoms with Crippen molar-refractivity contribution in [3.63, 3.8) is 0 Å². The van der Waals surface area contributed by atoms with Gasteiger partial charge in [0.25, 0.3) is 0 Å². The van der Waals surface area contributed by atoms with Crippen LogP contribution in [0.15, 0.2) is 52.7 Å². The lowest BCUT2D eigenvalue weighted by molar-refractivity contribution is -0.117. The summed E-state index contributed by atoms with van der Waals surface area (Å²) >= 11 is 0. The highest BCUT2D eigenvalue weighted by Crippen LogP contribution is 2.33. The summed E-state index contributed by atoms with van der Waals surface area (Å²) in [6.45, 7) is 10.6. The van der Waals surface area contributed by atoms with Gasteiger partial charge in [0, 0.05) is 30.6 Å². The predicted octanol–water partition coefficient (Wildman–Crippen LogP) is 3.02. The van der Waals surface area contributed by atoms with Crippen LogP contribution >= 0.6 is 0 Å². The normalized spacial score (nSPS) is 10.4. The highest BCUT2D eigenvalue weighted by atomic mass is 16.5. The van der Waals surface area contributed by atoms with Crippen LogP contribution in [0, 0.1) is 6.92 Å². The number of rotatable bonds is 14. The number of aryl methyl sites for hydroxylation is 1. The molecule has 1 heterocycles. The number of fused-ring (bicyclic) bond motifs is 1. The first kappa shape index (κ1) is 24.7.